The minimum Gasteiger partial charge on any atom is -0.388 e. The van der Waals surface area contributed by atoms with E-state index in [1.54, 1.807) is 6.92 Å². The largest absolute Gasteiger partial charge is 0.388 e. The standard InChI is InChI=1S/C12H16ClN3O2/c1-8-14-6-9(13)10(16-8)11(17)15-7-12(18)4-2-3-5-12/h6,18H,2-5,7H2,1H3,(H,15,17). The average molecular weight is 270 g/mol. The second-order valence-corrected chi connectivity index (χ2v) is 5.14. The van der Waals surface area contributed by atoms with Crippen molar-refractivity contribution in [2.45, 2.75) is 38.2 Å². The minimum atomic E-state index is -0.774. The van der Waals surface area contributed by atoms with Gasteiger partial charge in [-0.15, -0.1) is 0 Å². The van der Waals surface area contributed by atoms with Crippen LogP contribution in [0.3, 0.4) is 0 Å². The normalized spacial score (nSPS) is 17.7. The van der Waals surface area contributed by atoms with Gasteiger partial charge in [-0.2, -0.15) is 0 Å². The fourth-order valence-electron chi connectivity index (χ4n) is 2.15. The zero-order valence-electron chi connectivity index (χ0n) is 10.2. The number of aryl methyl sites for hydroxylation is 1. The summed E-state index contributed by atoms with van der Waals surface area (Å²) in [6, 6.07) is 0. The predicted molar refractivity (Wildman–Crippen MR) is 67.5 cm³/mol. The van der Waals surface area contributed by atoms with Gasteiger partial charge in [0.25, 0.3) is 5.91 Å². The Morgan fingerprint density at radius 3 is 2.89 bits per heavy atom. The topological polar surface area (TPSA) is 75.1 Å². The third kappa shape index (κ3) is 2.97. The summed E-state index contributed by atoms with van der Waals surface area (Å²) in [5.74, 6) is 0.120. The molecule has 0 atom stereocenters. The molecule has 2 rings (SSSR count). The third-order valence-corrected chi connectivity index (χ3v) is 3.47. The van der Waals surface area contributed by atoms with Gasteiger partial charge in [-0.05, 0) is 19.8 Å². The van der Waals surface area contributed by atoms with Crippen LogP contribution in [0.5, 0.6) is 0 Å². The lowest BCUT2D eigenvalue weighted by Crippen LogP contribution is -2.41. The highest BCUT2D eigenvalue weighted by molar-refractivity contribution is 6.33. The van der Waals surface area contributed by atoms with E-state index in [1.807, 2.05) is 0 Å². The van der Waals surface area contributed by atoms with Crippen LogP contribution in [0.4, 0.5) is 0 Å². The monoisotopic (exact) mass is 269 g/mol. The van der Waals surface area contributed by atoms with E-state index in [9.17, 15) is 9.90 Å². The molecule has 1 aliphatic rings. The van der Waals surface area contributed by atoms with Crippen LogP contribution in [0, 0.1) is 6.92 Å². The van der Waals surface area contributed by atoms with Crippen molar-refractivity contribution in [1.29, 1.82) is 0 Å². The summed E-state index contributed by atoms with van der Waals surface area (Å²) in [6.45, 7) is 1.93. The maximum atomic E-state index is 11.9. The highest BCUT2D eigenvalue weighted by atomic mass is 35.5. The van der Waals surface area contributed by atoms with Gasteiger partial charge in [-0.25, -0.2) is 9.97 Å². The Hall–Kier alpha value is -1.20. The molecule has 5 nitrogen and oxygen atoms in total. The van der Waals surface area contributed by atoms with Gasteiger partial charge in [0, 0.05) is 6.54 Å². The molecule has 1 saturated carbocycles. The summed E-state index contributed by atoms with van der Waals surface area (Å²) >= 11 is 5.87. The van der Waals surface area contributed by atoms with E-state index in [4.69, 9.17) is 11.6 Å². The maximum absolute atomic E-state index is 11.9. The van der Waals surface area contributed by atoms with Gasteiger partial charge in [0.05, 0.1) is 16.8 Å². The molecule has 98 valence electrons. The van der Waals surface area contributed by atoms with E-state index in [-0.39, 0.29) is 23.2 Å². The fraction of sp³-hybridized carbons (Fsp3) is 0.583. The maximum Gasteiger partial charge on any atom is 0.271 e. The van der Waals surface area contributed by atoms with Gasteiger partial charge in [0.2, 0.25) is 0 Å². The highest BCUT2D eigenvalue weighted by Gasteiger charge is 2.31. The highest BCUT2D eigenvalue weighted by Crippen LogP contribution is 2.28. The van der Waals surface area contributed by atoms with E-state index >= 15 is 0 Å². The number of nitrogens with zero attached hydrogens (tertiary/aromatic N) is 2. The quantitative estimate of drug-likeness (QED) is 0.871. The lowest BCUT2D eigenvalue weighted by molar-refractivity contribution is 0.0448. The van der Waals surface area contributed by atoms with E-state index < -0.39 is 5.60 Å². The van der Waals surface area contributed by atoms with E-state index in [0.717, 1.165) is 25.7 Å². The number of nitrogens with one attached hydrogen (secondary N) is 1. The molecule has 1 fully saturated rings. The molecular formula is C12H16ClN3O2. The fourth-order valence-corrected chi connectivity index (χ4v) is 2.33. The molecule has 1 aromatic rings. The minimum absolute atomic E-state index is 0.158. The summed E-state index contributed by atoms with van der Waals surface area (Å²) in [5, 5.41) is 13.0. The molecule has 2 N–H and O–H groups in total. The van der Waals surface area contributed by atoms with Crippen LogP contribution in [0.15, 0.2) is 6.20 Å². The Balaban J connectivity index is 2.01. The van der Waals surface area contributed by atoms with Gasteiger partial charge in [-0.3, -0.25) is 4.79 Å². The van der Waals surface area contributed by atoms with Crippen molar-refractivity contribution in [3.63, 3.8) is 0 Å². The lowest BCUT2D eigenvalue weighted by atomic mass is 10.0. The number of carbonyl (C=O) groups is 1. The number of carbonyl (C=O) groups excluding carboxylic acids is 1. The first-order chi connectivity index (χ1) is 8.50. The molecule has 6 heteroatoms. The van der Waals surface area contributed by atoms with Gasteiger partial charge in [0.15, 0.2) is 0 Å². The van der Waals surface area contributed by atoms with Crippen LogP contribution in [-0.4, -0.2) is 33.1 Å². The molecule has 1 amide bonds. The van der Waals surface area contributed by atoms with Crippen molar-refractivity contribution in [1.82, 2.24) is 15.3 Å². The van der Waals surface area contributed by atoms with Crippen molar-refractivity contribution >= 4 is 17.5 Å². The molecule has 1 aliphatic carbocycles. The van der Waals surface area contributed by atoms with Gasteiger partial charge < -0.3 is 10.4 Å². The Morgan fingerprint density at radius 2 is 2.22 bits per heavy atom. The first kappa shape index (κ1) is 13.2. The van der Waals surface area contributed by atoms with Crippen molar-refractivity contribution in [2.75, 3.05) is 6.54 Å². The molecule has 0 spiro atoms. The molecule has 0 saturated heterocycles. The molecule has 18 heavy (non-hydrogen) atoms. The van der Waals surface area contributed by atoms with Crippen LogP contribution in [0.2, 0.25) is 5.02 Å². The summed E-state index contributed by atoms with van der Waals surface area (Å²) < 4.78 is 0. The number of hydrogen-bond acceptors (Lipinski definition) is 4. The number of aromatic nitrogens is 2. The molecule has 0 aromatic carbocycles. The van der Waals surface area contributed by atoms with Gasteiger partial charge in [0.1, 0.15) is 11.5 Å². The Morgan fingerprint density at radius 1 is 1.56 bits per heavy atom. The number of amides is 1. The zero-order chi connectivity index (χ0) is 13.2. The molecule has 0 unspecified atom stereocenters. The van der Waals surface area contributed by atoms with Crippen LogP contribution in [0.25, 0.3) is 0 Å². The first-order valence-electron chi connectivity index (χ1n) is 6.00. The molecule has 0 aliphatic heterocycles. The molecule has 1 heterocycles. The predicted octanol–water partition coefficient (Wildman–Crippen LogP) is 1.47. The number of rotatable bonds is 3. The second kappa shape index (κ2) is 5.20. The summed E-state index contributed by atoms with van der Waals surface area (Å²) in [7, 11) is 0. The van der Waals surface area contributed by atoms with Gasteiger partial charge >= 0.3 is 0 Å². The summed E-state index contributed by atoms with van der Waals surface area (Å²) in [5.41, 5.74) is -0.615. The Kier molecular flexibility index (Phi) is 3.82. The average Bonchev–Trinajstić information content (AvgIpc) is 2.77. The summed E-state index contributed by atoms with van der Waals surface area (Å²) in [4.78, 5) is 19.8. The zero-order valence-corrected chi connectivity index (χ0v) is 11.0. The van der Waals surface area contributed by atoms with Crippen molar-refractivity contribution in [2.24, 2.45) is 0 Å². The molecule has 1 aromatic heterocycles. The lowest BCUT2D eigenvalue weighted by Gasteiger charge is -2.22. The molecule has 0 bridgehead atoms. The Labute approximate surface area is 111 Å². The number of halogens is 1. The second-order valence-electron chi connectivity index (χ2n) is 4.73. The van der Waals surface area contributed by atoms with E-state index in [1.165, 1.54) is 6.20 Å². The molecule has 0 radical (unpaired) electrons. The van der Waals surface area contributed by atoms with Crippen LogP contribution < -0.4 is 5.32 Å². The Bertz CT molecular complexity index is 459. The van der Waals surface area contributed by atoms with E-state index in [2.05, 4.69) is 15.3 Å². The number of aliphatic hydroxyl groups is 1. The number of hydrogen-bond donors (Lipinski definition) is 2. The van der Waals surface area contributed by atoms with Crippen molar-refractivity contribution in [3.05, 3.63) is 22.7 Å². The smallest absolute Gasteiger partial charge is 0.271 e. The van der Waals surface area contributed by atoms with Crippen LogP contribution >= 0.6 is 11.6 Å². The SMILES string of the molecule is Cc1ncc(Cl)c(C(=O)NCC2(O)CCCC2)n1. The van der Waals surface area contributed by atoms with Crippen LogP contribution in [0.1, 0.15) is 42.0 Å². The third-order valence-electron chi connectivity index (χ3n) is 3.19. The van der Waals surface area contributed by atoms with E-state index in [0.29, 0.717) is 5.82 Å². The molecular weight excluding hydrogens is 254 g/mol. The van der Waals surface area contributed by atoms with Crippen molar-refractivity contribution in [3.8, 4) is 0 Å². The van der Waals surface area contributed by atoms with Crippen molar-refractivity contribution < 1.29 is 9.90 Å². The summed E-state index contributed by atoms with van der Waals surface area (Å²) in [6.07, 6.45) is 4.86. The first-order valence-corrected chi connectivity index (χ1v) is 6.38. The van der Waals surface area contributed by atoms with Crippen LogP contribution in [-0.2, 0) is 0 Å². The van der Waals surface area contributed by atoms with Gasteiger partial charge in [-0.1, -0.05) is 24.4 Å².